The first kappa shape index (κ1) is 18.4. The molecule has 0 saturated carbocycles. The monoisotopic (exact) mass is 359 g/mol. The third-order valence-electron chi connectivity index (χ3n) is 4.98. The van der Waals surface area contributed by atoms with E-state index in [2.05, 4.69) is 15.6 Å². The van der Waals surface area contributed by atoms with Crippen LogP contribution in [-0.4, -0.2) is 50.8 Å². The number of fused-ring (bicyclic) bond motifs is 1. The summed E-state index contributed by atoms with van der Waals surface area (Å²) in [5.41, 5.74) is 1.37. The molecule has 1 aromatic carbocycles. The number of H-pyrrole nitrogens is 1. The van der Waals surface area contributed by atoms with Gasteiger partial charge in [-0.05, 0) is 56.6 Å². The predicted molar refractivity (Wildman–Crippen MR) is 99.3 cm³/mol. The molecule has 26 heavy (non-hydrogen) atoms. The first-order valence-electron chi connectivity index (χ1n) is 8.80. The summed E-state index contributed by atoms with van der Waals surface area (Å²) in [4.78, 5) is 27.7. The second-order valence-electron chi connectivity index (χ2n) is 6.75. The van der Waals surface area contributed by atoms with Crippen molar-refractivity contribution in [1.29, 1.82) is 0 Å². The van der Waals surface area contributed by atoms with Gasteiger partial charge in [0.1, 0.15) is 5.69 Å². The third kappa shape index (κ3) is 3.73. The zero-order chi connectivity index (χ0) is 18.6. The van der Waals surface area contributed by atoms with E-state index in [1.807, 2.05) is 18.2 Å². The number of rotatable bonds is 5. The zero-order valence-electron chi connectivity index (χ0n) is 15.2. The van der Waals surface area contributed by atoms with Crippen molar-refractivity contribution >= 4 is 28.5 Å². The van der Waals surface area contributed by atoms with Crippen LogP contribution >= 0.6 is 0 Å². The van der Waals surface area contributed by atoms with Crippen LogP contribution in [0, 0.1) is 5.41 Å². The van der Waals surface area contributed by atoms with Crippen LogP contribution in [0.25, 0.3) is 10.9 Å². The molecule has 3 rings (SSSR count). The number of nitrogens with one attached hydrogen (secondary N) is 3. The van der Waals surface area contributed by atoms with Gasteiger partial charge in [0.15, 0.2) is 0 Å². The van der Waals surface area contributed by atoms with Crippen molar-refractivity contribution in [3.05, 3.63) is 30.0 Å². The summed E-state index contributed by atoms with van der Waals surface area (Å²) < 4.78 is 10.1. The van der Waals surface area contributed by atoms with Crippen LogP contribution in [0.5, 0.6) is 0 Å². The molecule has 0 radical (unpaired) electrons. The Labute approximate surface area is 152 Å². The van der Waals surface area contributed by atoms with Crippen molar-refractivity contribution in [2.24, 2.45) is 5.41 Å². The average molecular weight is 359 g/mol. The number of benzene rings is 1. The van der Waals surface area contributed by atoms with Gasteiger partial charge in [-0.15, -0.1) is 0 Å². The van der Waals surface area contributed by atoms with E-state index in [4.69, 9.17) is 9.47 Å². The topological polar surface area (TPSA) is 92.5 Å². The van der Waals surface area contributed by atoms with E-state index in [1.165, 1.54) is 7.11 Å². The van der Waals surface area contributed by atoms with Gasteiger partial charge in [-0.3, -0.25) is 4.79 Å². The lowest BCUT2D eigenvalue weighted by Crippen LogP contribution is -2.40. The van der Waals surface area contributed by atoms with Gasteiger partial charge in [-0.2, -0.15) is 0 Å². The predicted octanol–water partition coefficient (Wildman–Crippen LogP) is 2.30. The van der Waals surface area contributed by atoms with Gasteiger partial charge in [0, 0.05) is 23.7 Å². The molecule has 1 saturated heterocycles. The Morgan fingerprint density at radius 1 is 1.19 bits per heavy atom. The fourth-order valence-corrected chi connectivity index (χ4v) is 3.54. The molecule has 7 nitrogen and oxygen atoms in total. The Kier molecular flexibility index (Phi) is 5.58. The van der Waals surface area contributed by atoms with Crippen molar-refractivity contribution in [3.63, 3.8) is 0 Å². The summed E-state index contributed by atoms with van der Waals surface area (Å²) in [7, 11) is 2.98. The van der Waals surface area contributed by atoms with Crippen LogP contribution in [0.15, 0.2) is 24.3 Å². The van der Waals surface area contributed by atoms with Crippen LogP contribution in [0.4, 0.5) is 5.69 Å². The number of ether oxygens (including phenoxy) is 2. The van der Waals surface area contributed by atoms with E-state index >= 15 is 0 Å². The molecule has 1 aliphatic rings. The standard InChI is InChI=1S/C19H25N3O4/c1-25-12-19(6-3-8-20-9-7-19)18(24)21-14-4-5-15-13(10-14)11-16(22-15)17(23)26-2/h4-5,10-11,20,22H,3,6-9,12H2,1-2H3,(H,21,24). The molecule has 1 unspecified atom stereocenters. The summed E-state index contributed by atoms with van der Waals surface area (Å²) in [5, 5.41) is 7.21. The molecule has 0 spiro atoms. The number of anilines is 1. The molecule has 1 aliphatic heterocycles. The number of esters is 1. The quantitative estimate of drug-likeness (QED) is 0.713. The smallest absolute Gasteiger partial charge is 0.354 e. The molecule has 1 fully saturated rings. The van der Waals surface area contributed by atoms with E-state index < -0.39 is 11.4 Å². The number of methoxy groups -OCH3 is 2. The Bertz CT molecular complexity index is 791. The molecular formula is C19H25N3O4. The van der Waals surface area contributed by atoms with E-state index in [1.54, 1.807) is 13.2 Å². The van der Waals surface area contributed by atoms with Gasteiger partial charge in [0.05, 0.1) is 19.1 Å². The first-order valence-corrected chi connectivity index (χ1v) is 8.80. The summed E-state index contributed by atoms with van der Waals surface area (Å²) in [6.45, 7) is 2.12. The Balaban J connectivity index is 1.82. The molecular weight excluding hydrogens is 334 g/mol. The molecule has 0 bridgehead atoms. The van der Waals surface area contributed by atoms with Crippen LogP contribution in [0.2, 0.25) is 0 Å². The van der Waals surface area contributed by atoms with E-state index in [0.29, 0.717) is 18.0 Å². The van der Waals surface area contributed by atoms with Gasteiger partial charge < -0.3 is 25.1 Å². The third-order valence-corrected chi connectivity index (χ3v) is 4.98. The van der Waals surface area contributed by atoms with Gasteiger partial charge >= 0.3 is 5.97 Å². The maximum Gasteiger partial charge on any atom is 0.354 e. The van der Waals surface area contributed by atoms with Crippen molar-refractivity contribution in [1.82, 2.24) is 10.3 Å². The lowest BCUT2D eigenvalue weighted by atomic mass is 9.80. The van der Waals surface area contributed by atoms with Crippen molar-refractivity contribution in [2.45, 2.75) is 19.3 Å². The number of aromatic amines is 1. The Hall–Kier alpha value is -2.38. The summed E-state index contributed by atoms with van der Waals surface area (Å²) >= 11 is 0. The molecule has 140 valence electrons. The summed E-state index contributed by atoms with van der Waals surface area (Å²) in [5.74, 6) is -0.442. The second-order valence-corrected chi connectivity index (χ2v) is 6.75. The fraction of sp³-hybridized carbons (Fsp3) is 0.474. The number of hydrogen-bond donors (Lipinski definition) is 3. The van der Waals surface area contributed by atoms with Gasteiger partial charge in [-0.25, -0.2) is 4.79 Å². The number of hydrogen-bond acceptors (Lipinski definition) is 5. The maximum atomic E-state index is 13.0. The first-order chi connectivity index (χ1) is 12.6. The highest BCUT2D eigenvalue weighted by Crippen LogP contribution is 2.32. The van der Waals surface area contributed by atoms with Crippen LogP contribution in [0.3, 0.4) is 0 Å². The normalized spacial score (nSPS) is 20.5. The van der Waals surface area contributed by atoms with Gasteiger partial charge in [0.25, 0.3) is 0 Å². The minimum Gasteiger partial charge on any atom is -0.464 e. The molecule has 0 aliphatic carbocycles. The van der Waals surface area contributed by atoms with Crippen molar-refractivity contribution < 1.29 is 19.1 Å². The molecule has 7 heteroatoms. The number of carbonyl (C=O) groups excluding carboxylic acids is 2. The van der Waals surface area contributed by atoms with E-state index in [9.17, 15) is 9.59 Å². The lowest BCUT2D eigenvalue weighted by molar-refractivity contribution is -0.129. The van der Waals surface area contributed by atoms with Crippen LogP contribution in [-0.2, 0) is 14.3 Å². The van der Waals surface area contributed by atoms with Crippen molar-refractivity contribution in [2.75, 3.05) is 39.2 Å². The minimum atomic E-state index is -0.525. The van der Waals surface area contributed by atoms with Gasteiger partial charge in [-0.1, -0.05) is 0 Å². The molecule has 1 atom stereocenters. The highest BCUT2D eigenvalue weighted by atomic mass is 16.5. The van der Waals surface area contributed by atoms with E-state index in [0.717, 1.165) is 43.3 Å². The van der Waals surface area contributed by atoms with Crippen molar-refractivity contribution in [3.8, 4) is 0 Å². The highest BCUT2D eigenvalue weighted by Gasteiger charge is 2.38. The fourth-order valence-electron chi connectivity index (χ4n) is 3.54. The zero-order valence-corrected chi connectivity index (χ0v) is 15.2. The number of carbonyl (C=O) groups is 2. The Morgan fingerprint density at radius 2 is 2.04 bits per heavy atom. The van der Waals surface area contributed by atoms with Crippen LogP contribution < -0.4 is 10.6 Å². The SMILES string of the molecule is COCC1(C(=O)Nc2ccc3[nH]c(C(=O)OC)cc3c2)CCCNCC1. The second kappa shape index (κ2) is 7.88. The summed E-state index contributed by atoms with van der Waals surface area (Å²) in [6.07, 6.45) is 2.47. The minimum absolute atomic E-state index is 0.0221. The molecule has 2 aromatic rings. The van der Waals surface area contributed by atoms with Crippen LogP contribution in [0.1, 0.15) is 29.8 Å². The maximum absolute atomic E-state index is 13.0. The summed E-state index contributed by atoms with van der Waals surface area (Å²) in [6, 6.07) is 7.24. The largest absolute Gasteiger partial charge is 0.464 e. The average Bonchev–Trinajstić information content (AvgIpc) is 2.92. The van der Waals surface area contributed by atoms with E-state index in [-0.39, 0.29) is 5.91 Å². The highest BCUT2D eigenvalue weighted by molar-refractivity contribution is 5.99. The molecule has 2 heterocycles. The molecule has 1 amide bonds. The number of aromatic nitrogens is 1. The number of amides is 1. The lowest BCUT2D eigenvalue weighted by Gasteiger charge is -2.30. The van der Waals surface area contributed by atoms with Gasteiger partial charge in [0.2, 0.25) is 5.91 Å². The molecule has 1 aromatic heterocycles. The Morgan fingerprint density at radius 3 is 2.81 bits per heavy atom. The molecule has 3 N–H and O–H groups in total.